The van der Waals surface area contributed by atoms with Gasteiger partial charge in [0.25, 0.3) is 5.56 Å². The molecule has 1 aliphatic carbocycles. The first-order chi connectivity index (χ1) is 7.65. The summed E-state index contributed by atoms with van der Waals surface area (Å²) >= 11 is 1.48. The van der Waals surface area contributed by atoms with Gasteiger partial charge in [-0.2, -0.15) is 0 Å². The fourth-order valence-corrected chi connectivity index (χ4v) is 3.19. The van der Waals surface area contributed by atoms with Gasteiger partial charge in [-0.25, -0.2) is 4.98 Å². The molecule has 1 aliphatic rings. The standard InChI is InChI=1S/C11H16N2O2S/c1-7-6-10(15)13-11(12-7)16-9-5-3-2-4-8(9)14/h6,8-9,14H,2-5H2,1H3,(H,12,13,15)/t8-,9-/m0/s1. The predicted octanol–water partition coefficient (Wildman–Crippen LogP) is 1.47. The summed E-state index contributed by atoms with van der Waals surface area (Å²) in [6.45, 7) is 1.80. The van der Waals surface area contributed by atoms with E-state index >= 15 is 0 Å². The van der Waals surface area contributed by atoms with E-state index in [9.17, 15) is 9.90 Å². The number of hydrogen-bond acceptors (Lipinski definition) is 4. The smallest absolute Gasteiger partial charge is 0.251 e. The Hall–Kier alpha value is -0.810. The van der Waals surface area contributed by atoms with Crippen molar-refractivity contribution in [1.29, 1.82) is 0 Å². The molecule has 4 nitrogen and oxygen atoms in total. The Morgan fingerprint density at radius 1 is 1.50 bits per heavy atom. The van der Waals surface area contributed by atoms with Gasteiger partial charge >= 0.3 is 0 Å². The first-order valence-electron chi connectivity index (χ1n) is 5.58. The third-order valence-electron chi connectivity index (χ3n) is 2.78. The van der Waals surface area contributed by atoms with Crippen molar-refractivity contribution in [3.8, 4) is 0 Å². The molecule has 2 N–H and O–H groups in total. The molecular formula is C11H16N2O2S. The van der Waals surface area contributed by atoms with Crippen molar-refractivity contribution in [1.82, 2.24) is 9.97 Å². The summed E-state index contributed by atoms with van der Waals surface area (Å²) in [5.74, 6) is 0. The van der Waals surface area contributed by atoms with Crippen molar-refractivity contribution in [2.75, 3.05) is 0 Å². The van der Waals surface area contributed by atoms with Gasteiger partial charge in [0.1, 0.15) is 0 Å². The Balaban J connectivity index is 2.10. The summed E-state index contributed by atoms with van der Waals surface area (Å²) < 4.78 is 0. The van der Waals surface area contributed by atoms with Crippen LogP contribution in [0.1, 0.15) is 31.4 Å². The average Bonchev–Trinajstić information content (AvgIpc) is 2.20. The Kier molecular flexibility index (Phi) is 3.66. The van der Waals surface area contributed by atoms with Crippen molar-refractivity contribution >= 4 is 11.8 Å². The van der Waals surface area contributed by atoms with Gasteiger partial charge in [0.2, 0.25) is 0 Å². The summed E-state index contributed by atoms with van der Waals surface area (Å²) in [6, 6.07) is 1.47. The lowest BCUT2D eigenvalue weighted by Crippen LogP contribution is -2.27. The number of H-pyrrole nitrogens is 1. The SMILES string of the molecule is Cc1cc(=O)[nH]c(S[C@H]2CCCC[C@@H]2O)n1. The van der Waals surface area contributed by atoms with Crippen LogP contribution in [0.15, 0.2) is 16.0 Å². The maximum atomic E-state index is 11.3. The van der Waals surface area contributed by atoms with Crippen LogP contribution >= 0.6 is 11.8 Å². The van der Waals surface area contributed by atoms with E-state index in [1.54, 1.807) is 6.92 Å². The summed E-state index contributed by atoms with van der Waals surface area (Å²) in [5.41, 5.74) is 0.594. The summed E-state index contributed by atoms with van der Waals surface area (Å²) in [7, 11) is 0. The molecule has 1 aromatic heterocycles. The Morgan fingerprint density at radius 3 is 2.94 bits per heavy atom. The second-order valence-electron chi connectivity index (χ2n) is 4.20. The Labute approximate surface area is 98.5 Å². The minimum Gasteiger partial charge on any atom is -0.392 e. The van der Waals surface area contributed by atoms with E-state index in [2.05, 4.69) is 9.97 Å². The van der Waals surface area contributed by atoms with Crippen LogP contribution in [0.3, 0.4) is 0 Å². The predicted molar refractivity (Wildman–Crippen MR) is 63.7 cm³/mol. The molecule has 0 bridgehead atoms. The summed E-state index contributed by atoms with van der Waals surface area (Å²) in [4.78, 5) is 18.2. The van der Waals surface area contributed by atoms with Crippen LogP contribution in [0.5, 0.6) is 0 Å². The van der Waals surface area contributed by atoms with E-state index in [4.69, 9.17) is 0 Å². The molecule has 0 aliphatic heterocycles. The molecule has 88 valence electrons. The fourth-order valence-electron chi connectivity index (χ4n) is 1.97. The molecule has 0 unspecified atom stereocenters. The molecule has 1 aromatic rings. The largest absolute Gasteiger partial charge is 0.392 e. The zero-order chi connectivity index (χ0) is 11.5. The average molecular weight is 240 g/mol. The first kappa shape index (κ1) is 11.7. The molecule has 2 rings (SSSR count). The van der Waals surface area contributed by atoms with Crippen LogP contribution in [0.4, 0.5) is 0 Å². The van der Waals surface area contributed by atoms with Crippen LogP contribution in [-0.4, -0.2) is 26.4 Å². The maximum absolute atomic E-state index is 11.3. The quantitative estimate of drug-likeness (QED) is 0.768. The molecule has 0 radical (unpaired) electrons. The zero-order valence-electron chi connectivity index (χ0n) is 9.27. The highest BCUT2D eigenvalue weighted by molar-refractivity contribution is 7.99. The Morgan fingerprint density at radius 2 is 2.25 bits per heavy atom. The number of aliphatic hydroxyl groups excluding tert-OH is 1. The van der Waals surface area contributed by atoms with E-state index in [0.29, 0.717) is 5.16 Å². The fraction of sp³-hybridized carbons (Fsp3) is 0.636. The van der Waals surface area contributed by atoms with Gasteiger partial charge in [-0.05, 0) is 19.8 Å². The van der Waals surface area contributed by atoms with E-state index in [1.165, 1.54) is 17.8 Å². The molecule has 1 heterocycles. The molecular weight excluding hydrogens is 224 g/mol. The lowest BCUT2D eigenvalue weighted by Gasteiger charge is -2.26. The number of nitrogens with zero attached hydrogens (tertiary/aromatic N) is 1. The number of nitrogens with one attached hydrogen (secondary N) is 1. The lowest BCUT2D eigenvalue weighted by atomic mass is 9.97. The number of aromatic amines is 1. The highest BCUT2D eigenvalue weighted by Crippen LogP contribution is 2.31. The number of rotatable bonds is 2. The Bertz CT molecular complexity index is 419. The number of aliphatic hydroxyl groups is 1. The summed E-state index contributed by atoms with van der Waals surface area (Å²) in [6.07, 6.45) is 3.81. The number of aromatic nitrogens is 2. The number of aryl methyl sites for hydroxylation is 1. The van der Waals surface area contributed by atoms with Crippen LogP contribution in [0.2, 0.25) is 0 Å². The molecule has 0 amide bonds. The van der Waals surface area contributed by atoms with E-state index in [-0.39, 0.29) is 16.9 Å². The van der Waals surface area contributed by atoms with E-state index in [0.717, 1.165) is 31.4 Å². The second-order valence-corrected chi connectivity index (χ2v) is 5.43. The highest BCUT2D eigenvalue weighted by atomic mass is 32.2. The van der Waals surface area contributed by atoms with Gasteiger partial charge in [-0.1, -0.05) is 24.6 Å². The minimum atomic E-state index is -0.274. The first-order valence-corrected chi connectivity index (χ1v) is 6.46. The molecule has 0 spiro atoms. The van der Waals surface area contributed by atoms with Crippen molar-refractivity contribution in [2.24, 2.45) is 0 Å². The maximum Gasteiger partial charge on any atom is 0.251 e. The monoisotopic (exact) mass is 240 g/mol. The van der Waals surface area contributed by atoms with Crippen LogP contribution < -0.4 is 5.56 Å². The van der Waals surface area contributed by atoms with E-state index < -0.39 is 0 Å². The van der Waals surface area contributed by atoms with E-state index in [1.807, 2.05) is 0 Å². The van der Waals surface area contributed by atoms with Crippen LogP contribution in [0.25, 0.3) is 0 Å². The molecule has 0 saturated heterocycles. The molecule has 1 saturated carbocycles. The molecule has 0 aromatic carbocycles. The van der Waals surface area contributed by atoms with Gasteiger partial charge in [0, 0.05) is 17.0 Å². The van der Waals surface area contributed by atoms with Crippen molar-refractivity contribution in [3.63, 3.8) is 0 Å². The van der Waals surface area contributed by atoms with Crippen molar-refractivity contribution in [2.45, 2.75) is 49.1 Å². The van der Waals surface area contributed by atoms with Gasteiger partial charge in [0.05, 0.1) is 6.10 Å². The molecule has 1 fully saturated rings. The van der Waals surface area contributed by atoms with Crippen LogP contribution in [0, 0.1) is 6.92 Å². The van der Waals surface area contributed by atoms with Crippen LogP contribution in [-0.2, 0) is 0 Å². The third kappa shape index (κ3) is 2.86. The van der Waals surface area contributed by atoms with Gasteiger partial charge in [-0.3, -0.25) is 4.79 Å². The molecule has 2 atom stereocenters. The molecule has 16 heavy (non-hydrogen) atoms. The topological polar surface area (TPSA) is 66.0 Å². The molecule has 5 heteroatoms. The minimum absolute atomic E-state index is 0.125. The second kappa shape index (κ2) is 5.01. The van der Waals surface area contributed by atoms with Gasteiger partial charge in [-0.15, -0.1) is 0 Å². The number of hydrogen-bond donors (Lipinski definition) is 2. The normalized spacial score (nSPS) is 25.6. The number of thioether (sulfide) groups is 1. The lowest BCUT2D eigenvalue weighted by molar-refractivity contribution is 0.137. The van der Waals surface area contributed by atoms with Crippen molar-refractivity contribution < 1.29 is 5.11 Å². The van der Waals surface area contributed by atoms with Crippen molar-refractivity contribution in [3.05, 3.63) is 22.1 Å². The summed E-state index contributed by atoms with van der Waals surface area (Å²) in [5, 5.41) is 10.6. The highest BCUT2D eigenvalue weighted by Gasteiger charge is 2.24. The van der Waals surface area contributed by atoms with Gasteiger partial charge in [0.15, 0.2) is 5.16 Å². The van der Waals surface area contributed by atoms with Gasteiger partial charge < -0.3 is 10.1 Å². The third-order valence-corrected chi connectivity index (χ3v) is 4.05. The zero-order valence-corrected chi connectivity index (χ0v) is 10.1.